The Bertz CT molecular complexity index is 1470. The first-order valence-corrected chi connectivity index (χ1v) is 11.0. The molecule has 1 N–H and O–H groups in total. The topological polar surface area (TPSA) is 140 Å². The van der Waals surface area contributed by atoms with Gasteiger partial charge in [-0.25, -0.2) is 9.78 Å². The van der Waals surface area contributed by atoms with Crippen molar-refractivity contribution in [3.8, 4) is 6.07 Å². The number of fused-ring (bicyclic) bond motifs is 1. The molecule has 4 rings (SSSR count). The third-order valence-corrected chi connectivity index (χ3v) is 6.67. The summed E-state index contributed by atoms with van der Waals surface area (Å²) in [5, 5.41) is 19.9. The zero-order chi connectivity index (χ0) is 22.8. The van der Waals surface area contributed by atoms with E-state index in [4.69, 9.17) is 5.26 Å². The molecule has 4 aromatic rings. The first kappa shape index (κ1) is 21.5. The van der Waals surface area contributed by atoms with E-state index in [1.807, 2.05) is 12.1 Å². The van der Waals surface area contributed by atoms with Gasteiger partial charge in [0, 0.05) is 19.8 Å². The third kappa shape index (κ3) is 4.18. The summed E-state index contributed by atoms with van der Waals surface area (Å²) in [5.41, 5.74) is 1.01. The number of aromatic nitrogens is 6. The van der Waals surface area contributed by atoms with Crippen LogP contribution >= 0.6 is 23.1 Å². The molecule has 3 heterocycles. The lowest BCUT2D eigenvalue weighted by atomic mass is 10.2. The van der Waals surface area contributed by atoms with Gasteiger partial charge in [-0.3, -0.25) is 24.0 Å². The van der Waals surface area contributed by atoms with Gasteiger partial charge in [-0.2, -0.15) is 5.26 Å². The lowest BCUT2D eigenvalue weighted by molar-refractivity contribution is -0.116. The molecule has 0 saturated carbocycles. The molecular formula is C19H16N8O3S2. The molecule has 11 nitrogen and oxygen atoms in total. The van der Waals surface area contributed by atoms with E-state index in [9.17, 15) is 14.4 Å². The highest BCUT2D eigenvalue weighted by Crippen LogP contribution is 2.28. The highest BCUT2D eigenvalue weighted by atomic mass is 32.2. The van der Waals surface area contributed by atoms with E-state index in [1.54, 1.807) is 12.1 Å². The minimum absolute atomic E-state index is 0.167. The van der Waals surface area contributed by atoms with E-state index in [2.05, 4.69) is 26.6 Å². The molecule has 0 saturated heterocycles. The number of carbonyl (C=O) groups excluding carboxylic acids is 1. The predicted molar refractivity (Wildman–Crippen MR) is 119 cm³/mol. The van der Waals surface area contributed by atoms with Crippen LogP contribution in [-0.2, 0) is 31.2 Å². The van der Waals surface area contributed by atoms with E-state index in [-0.39, 0.29) is 17.7 Å². The van der Waals surface area contributed by atoms with Crippen molar-refractivity contribution in [2.45, 2.75) is 16.6 Å². The number of aryl methyl sites for hydroxylation is 1. The molecule has 0 spiro atoms. The van der Waals surface area contributed by atoms with Crippen molar-refractivity contribution in [3.63, 3.8) is 0 Å². The van der Waals surface area contributed by atoms with Crippen LogP contribution in [0.15, 0.2) is 44.5 Å². The molecule has 0 aliphatic carbocycles. The molecule has 13 heteroatoms. The largest absolute Gasteiger partial charge is 0.332 e. The normalized spacial score (nSPS) is 10.9. The van der Waals surface area contributed by atoms with Crippen LogP contribution in [0.4, 0.5) is 5.13 Å². The highest BCUT2D eigenvalue weighted by molar-refractivity contribution is 8.00. The smallest absolute Gasteiger partial charge is 0.315 e. The quantitative estimate of drug-likeness (QED) is 0.327. The maximum absolute atomic E-state index is 12.5. The van der Waals surface area contributed by atoms with Gasteiger partial charge in [0.25, 0.3) is 5.56 Å². The third-order valence-electron chi connectivity index (χ3n) is 4.63. The summed E-state index contributed by atoms with van der Waals surface area (Å²) in [4.78, 5) is 41.1. The number of nitrogens with zero attached hydrogens (tertiary/aromatic N) is 7. The number of imidazole rings is 1. The fraction of sp³-hybridized carbons (Fsp3) is 0.211. The summed E-state index contributed by atoms with van der Waals surface area (Å²) in [5.74, 6) is 0.247. The van der Waals surface area contributed by atoms with Crippen LogP contribution in [0.3, 0.4) is 0 Å². The number of benzene rings is 1. The number of carbonyl (C=O) groups is 1. The first-order chi connectivity index (χ1) is 15.4. The molecule has 32 heavy (non-hydrogen) atoms. The van der Waals surface area contributed by atoms with Crippen molar-refractivity contribution < 1.29 is 4.79 Å². The second-order valence-corrected chi connectivity index (χ2v) is 8.97. The van der Waals surface area contributed by atoms with E-state index < -0.39 is 17.2 Å². The molecule has 162 valence electrons. The summed E-state index contributed by atoms with van der Waals surface area (Å²) in [6.07, 6.45) is 1.35. The summed E-state index contributed by atoms with van der Waals surface area (Å²) < 4.78 is 4.31. The molecule has 3 aromatic heterocycles. The number of nitrogens with one attached hydrogen (secondary N) is 1. The predicted octanol–water partition coefficient (Wildman–Crippen LogP) is 1.09. The molecule has 0 radical (unpaired) electrons. The number of anilines is 1. The summed E-state index contributed by atoms with van der Waals surface area (Å²) in [7, 11) is 2.89. The van der Waals surface area contributed by atoms with Crippen LogP contribution < -0.4 is 16.6 Å². The van der Waals surface area contributed by atoms with Gasteiger partial charge in [0.05, 0.1) is 18.0 Å². The van der Waals surface area contributed by atoms with Gasteiger partial charge >= 0.3 is 5.69 Å². The number of nitriles is 1. The van der Waals surface area contributed by atoms with E-state index >= 15 is 0 Å². The average Bonchev–Trinajstić information content (AvgIpc) is 3.42. The minimum atomic E-state index is -0.522. The minimum Gasteiger partial charge on any atom is -0.315 e. The second kappa shape index (κ2) is 8.77. The van der Waals surface area contributed by atoms with Crippen LogP contribution in [-0.4, -0.2) is 34.8 Å². The van der Waals surface area contributed by atoms with Crippen LogP contribution in [0.25, 0.3) is 11.2 Å². The van der Waals surface area contributed by atoms with Crippen molar-refractivity contribution in [2.24, 2.45) is 14.1 Å². The number of hydrogen-bond acceptors (Lipinski definition) is 9. The molecule has 0 aliphatic heterocycles. The second-order valence-electron chi connectivity index (χ2n) is 6.77. The molecule has 0 aliphatic rings. The van der Waals surface area contributed by atoms with Gasteiger partial charge in [-0.05, 0) is 17.7 Å². The molecule has 0 atom stereocenters. The molecule has 0 unspecified atom stereocenters. The van der Waals surface area contributed by atoms with Gasteiger partial charge in [0.1, 0.15) is 6.54 Å². The van der Waals surface area contributed by atoms with Crippen molar-refractivity contribution in [2.75, 3.05) is 5.32 Å². The monoisotopic (exact) mass is 468 g/mol. The number of rotatable bonds is 6. The lowest BCUT2D eigenvalue weighted by Crippen LogP contribution is -2.37. The summed E-state index contributed by atoms with van der Waals surface area (Å²) in [6.45, 7) is -0.169. The maximum Gasteiger partial charge on any atom is 0.332 e. The highest BCUT2D eigenvalue weighted by Gasteiger charge is 2.17. The van der Waals surface area contributed by atoms with Crippen LogP contribution in [0.1, 0.15) is 11.1 Å². The molecule has 1 aromatic carbocycles. The Balaban J connectivity index is 1.42. The van der Waals surface area contributed by atoms with E-state index in [0.29, 0.717) is 20.8 Å². The Morgan fingerprint density at radius 3 is 2.66 bits per heavy atom. The number of thioether (sulfide) groups is 1. The lowest BCUT2D eigenvalue weighted by Gasteiger charge is -2.06. The van der Waals surface area contributed by atoms with Crippen molar-refractivity contribution in [1.29, 1.82) is 5.26 Å². The molecule has 0 bridgehead atoms. The fourth-order valence-corrected chi connectivity index (χ4v) is 4.69. The van der Waals surface area contributed by atoms with Gasteiger partial charge in [-0.15, -0.1) is 10.2 Å². The number of hydrogen-bond donors (Lipinski definition) is 1. The summed E-state index contributed by atoms with van der Waals surface area (Å²) in [6, 6.07) is 9.35. The molecular weight excluding hydrogens is 452 g/mol. The Kier molecular flexibility index (Phi) is 5.89. The Labute approximate surface area is 189 Å². The zero-order valence-corrected chi connectivity index (χ0v) is 18.6. The van der Waals surface area contributed by atoms with Crippen LogP contribution in [0, 0.1) is 11.3 Å². The van der Waals surface area contributed by atoms with Gasteiger partial charge in [0.15, 0.2) is 15.5 Å². The fourth-order valence-electron chi connectivity index (χ4n) is 2.97. The average molecular weight is 469 g/mol. The zero-order valence-electron chi connectivity index (χ0n) is 17.0. The van der Waals surface area contributed by atoms with Gasteiger partial charge in [-0.1, -0.05) is 35.2 Å². The van der Waals surface area contributed by atoms with E-state index in [0.717, 1.165) is 10.1 Å². The SMILES string of the molecule is Cn1c(=O)c2c(ncn2CC(=O)Nc2nnc(SCc3ccc(C#N)cc3)s2)n(C)c1=O. The van der Waals surface area contributed by atoms with Gasteiger partial charge in [0.2, 0.25) is 11.0 Å². The van der Waals surface area contributed by atoms with Crippen LogP contribution in [0.5, 0.6) is 0 Å². The van der Waals surface area contributed by atoms with Crippen molar-refractivity contribution in [1.82, 2.24) is 28.9 Å². The Morgan fingerprint density at radius 1 is 1.19 bits per heavy atom. The molecule has 1 amide bonds. The first-order valence-electron chi connectivity index (χ1n) is 9.23. The van der Waals surface area contributed by atoms with Gasteiger partial charge < -0.3 is 4.57 Å². The standard InChI is InChI=1S/C19H16N8O3S2/c1-25-15-14(16(29)26(2)19(25)30)27(10-21-15)8-13(28)22-17-23-24-18(32-17)31-9-12-5-3-11(7-20)4-6-12/h3-6,10H,8-9H2,1-2H3,(H,22,23,28). The number of amides is 1. The Hall–Kier alpha value is -3.76. The summed E-state index contributed by atoms with van der Waals surface area (Å²) >= 11 is 2.70. The maximum atomic E-state index is 12.5. The molecule has 0 fully saturated rings. The van der Waals surface area contributed by atoms with Crippen molar-refractivity contribution in [3.05, 3.63) is 62.6 Å². The Morgan fingerprint density at radius 2 is 1.94 bits per heavy atom. The van der Waals surface area contributed by atoms with Crippen molar-refractivity contribution >= 4 is 45.3 Å². The van der Waals surface area contributed by atoms with Crippen LogP contribution in [0.2, 0.25) is 0 Å². The van der Waals surface area contributed by atoms with E-state index in [1.165, 1.54) is 52.7 Å².